The van der Waals surface area contributed by atoms with Gasteiger partial charge in [0.25, 0.3) is 11.5 Å². The fourth-order valence-corrected chi connectivity index (χ4v) is 3.68. The molecular formula is C17H20N4O3S. The summed E-state index contributed by atoms with van der Waals surface area (Å²) in [5.41, 5.74) is 0.148. The van der Waals surface area contributed by atoms with Crippen LogP contribution in [-0.2, 0) is 7.05 Å². The van der Waals surface area contributed by atoms with Gasteiger partial charge in [-0.2, -0.15) is 0 Å². The molecule has 0 radical (unpaired) electrons. The van der Waals surface area contributed by atoms with Crippen LogP contribution in [0.1, 0.15) is 27.0 Å². The highest BCUT2D eigenvalue weighted by atomic mass is 32.1. The summed E-state index contributed by atoms with van der Waals surface area (Å²) >= 11 is 1.64. The minimum atomic E-state index is -0.329. The van der Waals surface area contributed by atoms with Crippen LogP contribution in [0.25, 0.3) is 11.1 Å². The first kappa shape index (κ1) is 17.4. The normalized spacial score (nSPS) is 12.7. The number of aryl methyl sites for hydroxylation is 2. The molecule has 1 unspecified atom stereocenters. The molecule has 0 aromatic carbocycles. The maximum Gasteiger partial charge on any atom is 0.265 e. The highest BCUT2D eigenvalue weighted by Crippen LogP contribution is 2.24. The number of amides is 1. The van der Waals surface area contributed by atoms with Gasteiger partial charge < -0.3 is 19.2 Å². The first-order chi connectivity index (χ1) is 11.9. The number of fused-ring (bicyclic) bond motifs is 1. The van der Waals surface area contributed by atoms with Crippen molar-refractivity contribution in [1.82, 2.24) is 19.8 Å². The Morgan fingerprint density at radius 1 is 1.48 bits per heavy atom. The zero-order valence-electron chi connectivity index (χ0n) is 14.6. The van der Waals surface area contributed by atoms with Crippen LogP contribution in [0.5, 0.6) is 0 Å². The molecule has 3 rings (SSSR count). The lowest BCUT2D eigenvalue weighted by Crippen LogP contribution is -2.34. The van der Waals surface area contributed by atoms with Gasteiger partial charge in [-0.25, -0.2) is 4.98 Å². The van der Waals surface area contributed by atoms with Crippen LogP contribution in [0.2, 0.25) is 0 Å². The molecule has 0 saturated carbocycles. The molecule has 0 aliphatic carbocycles. The number of carbonyl (C=O) groups is 1. The van der Waals surface area contributed by atoms with Crippen molar-refractivity contribution in [3.63, 3.8) is 0 Å². The Labute approximate surface area is 148 Å². The molecule has 8 heteroatoms. The summed E-state index contributed by atoms with van der Waals surface area (Å²) in [6, 6.07) is 4.09. The van der Waals surface area contributed by atoms with Gasteiger partial charge in [0.1, 0.15) is 17.5 Å². The average Bonchev–Trinajstić information content (AvgIpc) is 3.18. The molecular weight excluding hydrogens is 340 g/mol. The Morgan fingerprint density at radius 3 is 2.88 bits per heavy atom. The molecule has 0 bridgehead atoms. The number of likely N-dealkylation sites (N-methyl/N-ethyl adjacent to an activating group) is 1. The molecule has 25 heavy (non-hydrogen) atoms. The summed E-state index contributed by atoms with van der Waals surface area (Å²) < 4.78 is 6.82. The van der Waals surface area contributed by atoms with Crippen molar-refractivity contribution in [2.75, 3.05) is 20.6 Å². The Bertz CT molecular complexity index is 956. The highest BCUT2D eigenvalue weighted by molar-refractivity contribution is 7.10. The maximum absolute atomic E-state index is 12.7. The van der Waals surface area contributed by atoms with Crippen molar-refractivity contribution in [2.24, 2.45) is 7.05 Å². The van der Waals surface area contributed by atoms with Gasteiger partial charge in [-0.3, -0.25) is 9.59 Å². The van der Waals surface area contributed by atoms with E-state index in [1.165, 1.54) is 10.9 Å². The van der Waals surface area contributed by atoms with Crippen molar-refractivity contribution in [1.29, 1.82) is 0 Å². The van der Waals surface area contributed by atoms with Gasteiger partial charge in [0.05, 0.1) is 11.6 Å². The van der Waals surface area contributed by atoms with Gasteiger partial charge in [0, 0.05) is 18.5 Å². The summed E-state index contributed by atoms with van der Waals surface area (Å²) in [6.07, 6.45) is 1.38. The lowest BCUT2D eigenvalue weighted by Gasteiger charge is -2.23. The van der Waals surface area contributed by atoms with Crippen LogP contribution >= 0.6 is 11.3 Å². The summed E-state index contributed by atoms with van der Waals surface area (Å²) in [7, 11) is 5.53. The first-order valence-electron chi connectivity index (χ1n) is 7.83. The second-order valence-corrected chi connectivity index (χ2v) is 7.06. The Morgan fingerprint density at radius 2 is 2.24 bits per heavy atom. The number of nitrogens with one attached hydrogen (secondary N) is 1. The molecule has 0 aliphatic rings. The molecule has 1 N–H and O–H groups in total. The topological polar surface area (TPSA) is 80.4 Å². The van der Waals surface area contributed by atoms with Gasteiger partial charge in [-0.1, -0.05) is 6.07 Å². The molecule has 3 aromatic rings. The number of thiophene rings is 1. The fraction of sp³-hybridized carbons (Fsp3) is 0.353. The van der Waals surface area contributed by atoms with E-state index in [2.05, 4.69) is 10.3 Å². The molecule has 1 atom stereocenters. The van der Waals surface area contributed by atoms with Crippen LogP contribution in [0, 0.1) is 6.92 Å². The molecule has 0 aliphatic heterocycles. The Balaban J connectivity index is 1.89. The van der Waals surface area contributed by atoms with Crippen molar-refractivity contribution in [3.8, 4) is 0 Å². The van der Waals surface area contributed by atoms with E-state index >= 15 is 0 Å². The van der Waals surface area contributed by atoms with E-state index in [-0.39, 0.29) is 34.2 Å². The molecule has 1 amide bonds. The quantitative estimate of drug-likeness (QED) is 0.752. The van der Waals surface area contributed by atoms with E-state index in [0.717, 1.165) is 4.88 Å². The van der Waals surface area contributed by atoms with Crippen LogP contribution in [-0.4, -0.2) is 41.0 Å². The minimum Gasteiger partial charge on any atom is -0.442 e. The number of nitrogens with zero attached hydrogens (tertiary/aromatic N) is 3. The molecule has 7 nitrogen and oxygen atoms in total. The highest BCUT2D eigenvalue weighted by Gasteiger charge is 2.24. The number of hydrogen-bond donors (Lipinski definition) is 1. The third-order valence-electron chi connectivity index (χ3n) is 4.13. The van der Waals surface area contributed by atoms with Crippen molar-refractivity contribution in [2.45, 2.75) is 13.0 Å². The van der Waals surface area contributed by atoms with E-state index in [9.17, 15) is 9.59 Å². The first-order valence-corrected chi connectivity index (χ1v) is 8.71. The third-order valence-corrected chi connectivity index (χ3v) is 5.10. The van der Waals surface area contributed by atoms with Gasteiger partial charge in [0.2, 0.25) is 5.71 Å². The van der Waals surface area contributed by atoms with Gasteiger partial charge >= 0.3 is 0 Å². The Hall–Kier alpha value is -2.45. The molecule has 0 fully saturated rings. The molecule has 132 valence electrons. The van der Waals surface area contributed by atoms with E-state index < -0.39 is 0 Å². The predicted molar refractivity (Wildman–Crippen MR) is 97.1 cm³/mol. The van der Waals surface area contributed by atoms with Crippen molar-refractivity contribution in [3.05, 3.63) is 50.4 Å². The molecule has 0 saturated heterocycles. The minimum absolute atomic E-state index is 0.0587. The molecule has 0 spiro atoms. The number of hydrogen-bond acceptors (Lipinski definition) is 6. The SMILES string of the molecule is Cc1oc2ncn(C)c(=O)c2c1C(=O)NCC(c1cccs1)N(C)C. The van der Waals surface area contributed by atoms with E-state index in [1.54, 1.807) is 25.3 Å². The average molecular weight is 360 g/mol. The van der Waals surface area contributed by atoms with Crippen LogP contribution in [0.15, 0.2) is 33.1 Å². The second kappa shape index (κ2) is 6.81. The van der Waals surface area contributed by atoms with Crippen LogP contribution < -0.4 is 10.9 Å². The lowest BCUT2D eigenvalue weighted by molar-refractivity contribution is 0.0942. The lowest BCUT2D eigenvalue weighted by atomic mass is 10.1. The smallest absolute Gasteiger partial charge is 0.265 e. The molecule has 3 aromatic heterocycles. The zero-order valence-corrected chi connectivity index (χ0v) is 15.4. The van der Waals surface area contributed by atoms with Crippen LogP contribution in [0.3, 0.4) is 0 Å². The van der Waals surface area contributed by atoms with Gasteiger partial charge in [0.15, 0.2) is 0 Å². The zero-order chi connectivity index (χ0) is 18.1. The number of carbonyl (C=O) groups excluding carboxylic acids is 1. The van der Waals surface area contributed by atoms with E-state index in [1.807, 2.05) is 36.5 Å². The van der Waals surface area contributed by atoms with Crippen LogP contribution in [0.4, 0.5) is 0 Å². The monoisotopic (exact) mass is 360 g/mol. The van der Waals surface area contributed by atoms with Crippen molar-refractivity contribution < 1.29 is 9.21 Å². The summed E-state index contributed by atoms with van der Waals surface area (Å²) in [4.78, 5) is 32.4. The summed E-state index contributed by atoms with van der Waals surface area (Å²) in [5.74, 6) is 0.0607. The molecule has 3 heterocycles. The number of aromatic nitrogens is 2. The van der Waals surface area contributed by atoms with Gasteiger partial charge in [-0.05, 0) is 32.5 Å². The van der Waals surface area contributed by atoms with Crippen molar-refractivity contribution >= 4 is 28.3 Å². The van der Waals surface area contributed by atoms with E-state index in [4.69, 9.17) is 4.42 Å². The van der Waals surface area contributed by atoms with Gasteiger partial charge in [-0.15, -0.1) is 11.3 Å². The Kier molecular flexibility index (Phi) is 4.73. The summed E-state index contributed by atoms with van der Waals surface area (Å²) in [6.45, 7) is 2.10. The maximum atomic E-state index is 12.7. The number of rotatable bonds is 5. The fourth-order valence-electron chi connectivity index (χ4n) is 2.76. The third kappa shape index (κ3) is 3.22. The predicted octanol–water partition coefficient (Wildman–Crippen LogP) is 1.93. The largest absolute Gasteiger partial charge is 0.442 e. The summed E-state index contributed by atoms with van der Waals surface area (Å²) in [5, 5.41) is 5.16. The number of furan rings is 1. The van der Waals surface area contributed by atoms with E-state index in [0.29, 0.717) is 12.3 Å². The standard InChI is InChI=1S/C17H20N4O3S/c1-10-13(14-16(24-10)19-9-21(4)17(14)23)15(22)18-8-11(20(2)3)12-6-5-7-25-12/h5-7,9,11H,8H2,1-4H3,(H,18,22). The second-order valence-electron chi connectivity index (χ2n) is 6.08.